The zero-order valence-corrected chi connectivity index (χ0v) is 13.2. The number of nitrogens with zero attached hydrogens (tertiary/aromatic N) is 3. The molecule has 7 heteroatoms. The fraction of sp³-hybridized carbons (Fsp3) is 0.312. The molecule has 2 rings (SSSR count). The van der Waals surface area contributed by atoms with Crippen molar-refractivity contribution in [2.45, 2.75) is 20.4 Å². The van der Waals surface area contributed by atoms with Crippen LogP contribution in [0, 0.1) is 0 Å². The maximum Gasteiger partial charge on any atom is 0.356 e. The smallest absolute Gasteiger partial charge is 0.356 e. The summed E-state index contributed by atoms with van der Waals surface area (Å²) in [5.41, 5.74) is 1.71. The van der Waals surface area contributed by atoms with Crippen LogP contribution in [0.15, 0.2) is 36.5 Å². The van der Waals surface area contributed by atoms with E-state index in [1.165, 1.54) is 16.9 Å². The van der Waals surface area contributed by atoms with E-state index in [0.29, 0.717) is 5.69 Å². The van der Waals surface area contributed by atoms with E-state index in [1.807, 2.05) is 24.3 Å². The molecule has 2 N–H and O–H groups in total. The molecule has 7 nitrogen and oxygen atoms in total. The molecule has 2 aromatic rings. The van der Waals surface area contributed by atoms with Gasteiger partial charge in [0.25, 0.3) is 0 Å². The van der Waals surface area contributed by atoms with Crippen molar-refractivity contribution in [3.05, 3.63) is 42.2 Å². The van der Waals surface area contributed by atoms with Crippen LogP contribution in [0.3, 0.4) is 0 Å². The highest BCUT2D eigenvalue weighted by Crippen LogP contribution is 2.17. The second-order valence-electron chi connectivity index (χ2n) is 4.97. The number of rotatable bonds is 7. The minimum absolute atomic E-state index is 0.0366. The molecule has 0 unspecified atom stereocenters. The summed E-state index contributed by atoms with van der Waals surface area (Å²) < 4.78 is 1.29. The number of carboxylic acid groups (broad SMARTS) is 1. The normalized spacial score (nSPS) is 10.3. The molecule has 0 fully saturated rings. The van der Waals surface area contributed by atoms with Gasteiger partial charge in [-0.1, -0.05) is 0 Å². The summed E-state index contributed by atoms with van der Waals surface area (Å²) in [5.74, 6) is -1.38. The zero-order valence-electron chi connectivity index (χ0n) is 13.2. The summed E-state index contributed by atoms with van der Waals surface area (Å²) >= 11 is 0. The van der Waals surface area contributed by atoms with E-state index in [9.17, 15) is 9.59 Å². The Kier molecular flexibility index (Phi) is 5.35. The number of aromatic nitrogens is 2. The van der Waals surface area contributed by atoms with Crippen LogP contribution in [0.4, 0.5) is 11.4 Å². The van der Waals surface area contributed by atoms with Gasteiger partial charge in [0.15, 0.2) is 5.69 Å². The molecular formula is C16H20N4O3. The molecule has 1 aromatic heterocycles. The first-order valence-electron chi connectivity index (χ1n) is 7.45. The van der Waals surface area contributed by atoms with Crippen LogP contribution in [0.25, 0.3) is 0 Å². The summed E-state index contributed by atoms with van der Waals surface area (Å²) in [4.78, 5) is 24.9. The third-order valence-corrected chi connectivity index (χ3v) is 3.45. The highest BCUT2D eigenvalue weighted by molar-refractivity contribution is 5.91. The number of nitrogens with one attached hydrogen (secondary N) is 1. The highest BCUT2D eigenvalue weighted by Gasteiger charge is 2.09. The molecule has 0 atom stereocenters. The van der Waals surface area contributed by atoms with Crippen molar-refractivity contribution < 1.29 is 14.7 Å². The molecule has 1 aromatic carbocycles. The summed E-state index contributed by atoms with van der Waals surface area (Å²) in [7, 11) is 0. The lowest BCUT2D eigenvalue weighted by atomic mass is 10.2. The average molecular weight is 316 g/mol. The number of hydrogen-bond donors (Lipinski definition) is 2. The molecule has 1 amide bonds. The van der Waals surface area contributed by atoms with Gasteiger partial charge in [-0.2, -0.15) is 5.10 Å². The average Bonchev–Trinajstić information content (AvgIpc) is 2.99. The first-order valence-corrected chi connectivity index (χ1v) is 7.45. The molecule has 0 aliphatic heterocycles. The van der Waals surface area contributed by atoms with E-state index in [0.717, 1.165) is 18.8 Å². The quantitative estimate of drug-likeness (QED) is 0.816. The summed E-state index contributed by atoms with van der Waals surface area (Å²) in [6.45, 7) is 6.00. The second-order valence-corrected chi connectivity index (χ2v) is 4.97. The fourth-order valence-corrected chi connectivity index (χ4v) is 2.26. The number of benzene rings is 1. The Morgan fingerprint density at radius 2 is 1.83 bits per heavy atom. The fourth-order valence-electron chi connectivity index (χ4n) is 2.26. The Labute approximate surface area is 134 Å². The zero-order chi connectivity index (χ0) is 16.8. The topological polar surface area (TPSA) is 87.5 Å². The van der Waals surface area contributed by atoms with Gasteiger partial charge >= 0.3 is 5.97 Å². The number of carbonyl (C=O) groups is 2. The molecule has 1 heterocycles. The molecule has 0 radical (unpaired) electrons. The van der Waals surface area contributed by atoms with Crippen molar-refractivity contribution in [3.63, 3.8) is 0 Å². The number of anilines is 2. The maximum absolute atomic E-state index is 12.0. The Morgan fingerprint density at radius 3 is 2.35 bits per heavy atom. The van der Waals surface area contributed by atoms with Gasteiger partial charge in [0, 0.05) is 30.7 Å². The summed E-state index contributed by atoms with van der Waals surface area (Å²) in [5, 5.41) is 15.4. The van der Waals surface area contributed by atoms with Gasteiger partial charge in [0.1, 0.15) is 6.54 Å². The van der Waals surface area contributed by atoms with Crippen LogP contribution in [0.1, 0.15) is 24.3 Å². The van der Waals surface area contributed by atoms with Gasteiger partial charge in [0.05, 0.1) is 0 Å². The Hall–Kier alpha value is -2.83. The van der Waals surface area contributed by atoms with Crippen molar-refractivity contribution in [1.29, 1.82) is 0 Å². The minimum Gasteiger partial charge on any atom is -0.476 e. The summed E-state index contributed by atoms with van der Waals surface area (Å²) in [6.07, 6.45) is 1.46. The van der Waals surface area contributed by atoms with Gasteiger partial charge in [-0.25, -0.2) is 4.79 Å². The predicted octanol–water partition coefficient (Wildman–Crippen LogP) is 2.07. The number of hydrogen-bond acceptors (Lipinski definition) is 4. The van der Waals surface area contributed by atoms with Crippen molar-refractivity contribution in [1.82, 2.24) is 9.78 Å². The van der Waals surface area contributed by atoms with Crippen molar-refractivity contribution >= 4 is 23.3 Å². The van der Waals surface area contributed by atoms with Gasteiger partial charge in [-0.15, -0.1) is 0 Å². The van der Waals surface area contributed by atoms with Crippen LogP contribution in [-0.2, 0) is 11.3 Å². The molecule has 0 spiro atoms. The lowest BCUT2D eigenvalue weighted by molar-refractivity contribution is -0.116. The van der Waals surface area contributed by atoms with Crippen LogP contribution in [-0.4, -0.2) is 39.9 Å². The number of carboxylic acids is 1. The molecular weight excluding hydrogens is 296 g/mol. The van der Waals surface area contributed by atoms with Crippen molar-refractivity contribution in [3.8, 4) is 0 Å². The molecule has 0 bridgehead atoms. The van der Waals surface area contributed by atoms with Gasteiger partial charge in [-0.3, -0.25) is 9.48 Å². The highest BCUT2D eigenvalue weighted by atomic mass is 16.4. The van der Waals surface area contributed by atoms with Crippen LogP contribution >= 0.6 is 0 Å². The van der Waals surface area contributed by atoms with Crippen LogP contribution in [0.5, 0.6) is 0 Å². The summed E-state index contributed by atoms with van der Waals surface area (Å²) in [6, 6.07) is 8.96. The number of carbonyl (C=O) groups excluding carboxylic acids is 1. The van der Waals surface area contributed by atoms with Gasteiger partial charge in [-0.05, 0) is 44.2 Å². The molecule has 0 saturated carbocycles. The molecule has 122 valence electrons. The SMILES string of the molecule is CCN(CC)c1ccc(NC(=O)Cn2ccc(C(=O)O)n2)cc1. The molecule has 0 saturated heterocycles. The van der Waals surface area contributed by atoms with E-state index >= 15 is 0 Å². The first kappa shape index (κ1) is 16.5. The standard InChI is InChI=1S/C16H20N4O3/c1-3-19(4-2)13-7-5-12(6-8-13)17-15(21)11-20-10-9-14(18-20)16(22)23/h5-10H,3-4,11H2,1-2H3,(H,17,21)(H,22,23). The van der Waals surface area contributed by atoms with Crippen LogP contribution in [0.2, 0.25) is 0 Å². The van der Waals surface area contributed by atoms with Crippen LogP contribution < -0.4 is 10.2 Å². The number of amides is 1. The number of aromatic carboxylic acids is 1. The Bertz CT molecular complexity index is 675. The third kappa shape index (κ3) is 4.32. The molecule has 0 aliphatic rings. The lowest BCUT2D eigenvalue weighted by Gasteiger charge is -2.21. The first-order chi connectivity index (χ1) is 11.0. The largest absolute Gasteiger partial charge is 0.476 e. The van der Waals surface area contributed by atoms with Crippen molar-refractivity contribution in [2.24, 2.45) is 0 Å². The third-order valence-electron chi connectivity index (χ3n) is 3.45. The Morgan fingerprint density at radius 1 is 1.17 bits per heavy atom. The second kappa shape index (κ2) is 7.44. The Balaban J connectivity index is 1.95. The van der Waals surface area contributed by atoms with E-state index in [2.05, 4.69) is 29.2 Å². The molecule has 23 heavy (non-hydrogen) atoms. The monoisotopic (exact) mass is 316 g/mol. The molecule has 0 aliphatic carbocycles. The minimum atomic E-state index is -1.11. The van der Waals surface area contributed by atoms with E-state index < -0.39 is 5.97 Å². The lowest BCUT2D eigenvalue weighted by Crippen LogP contribution is -2.22. The van der Waals surface area contributed by atoms with E-state index in [-0.39, 0.29) is 18.1 Å². The van der Waals surface area contributed by atoms with Gasteiger partial charge < -0.3 is 15.3 Å². The maximum atomic E-state index is 12.0. The van der Waals surface area contributed by atoms with Crippen molar-refractivity contribution in [2.75, 3.05) is 23.3 Å². The predicted molar refractivity (Wildman–Crippen MR) is 87.8 cm³/mol. The van der Waals surface area contributed by atoms with E-state index in [4.69, 9.17) is 5.11 Å². The van der Waals surface area contributed by atoms with E-state index in [1.54, 1.807) is 0 Å². The van der Waals surface area contributed by atoms with Gasteiger partial charge in [0.2, 0.25) is 5.91 Å².